The molecular formula is C21H16Cl3NO3. The number of anilines is 1. The highest BCUT2D eigenvalue weighted by Gasteiger charge is 2.08. The zero-order chi connectivity index (χ0) is 20.1. The third-order valence-electron chi connectivity index (χ3n) is 4.04. The largest absolute Gasteiger partial charge is 0.488 e. The van der Waals surface area contributed by atoms with Crippen LogP contribution in [-0.4, -0.2) is 11.1 Å². The Morgan fingerprint density at radius 1 is 0.893 bits per heavy atom. The summed E-state index contributed by atoms with van der Waals surface area (Å²) < 4.78 is 5.93. The first-order chi connectivity index (χ1) is 13.4. The molecule has 3 rings (SSSR count). The van der Waals surface area contributed by atoms with Crippen molar-refractivity contribution >= 4 is 46.5 Å². The van der Waals surface area contributed by atoms with Crippen LogP contribution >= 0.6 is 34.8 Å². The molecule has 0 saturated carbocycles. The van der Waals surface area contributed by atoms with Gasteiger partial charge < -0.3 is 15.2 Å². The van der Waals surface area contributed by atoms with E-state index in [1.165, 1.54) is 0 Å². The van der Waals surface area contributed by atoms with Crippen molar-refractivity contribution in [2.75, 3.05) is 5.32 Å². The summed E-state index contributed by atoms with van der Waals surface area (Å²) in [6.45, 7) is 0.745. The summed E-state index contributed by atoms with van der Waals surface area (Å²) >= 11 is 18.2. The number of carbonyl (C=O) groups is 1. The Labute approximate surface area is 177 Å². The van der Waals surface area contributed by atoms with Crippen molar-refractivity contribution in [3.05, 3.63) is 92.4 Å². The van der Waals surface area contributed by atoms with E-state index in [2.05, 4.69) is 5.32 Å². The number of rotatable bonds is 7. The van der Waals surface area contributed by atoms with Gasteiger partial charge in [-0.2, -0.15) is 0 Å². The van der Waals surface area contributed by atoms with Crippen molar-refractivity contribution in [2.45, 2.75) is 13.2 Å². The van der Waals surface area contributed by atoms with E-state index in [4.69, 9.17) is 44.6 Å². The average Bonchev–Trinajstić information content (AvgIpc) is 2.67. The van der Waals surface area contributed by atoms with E-state index in [1.807, 2.05) is 12.1 Å². The van der Waals surface area contributed by atoms with Crippen LogP contribution in [0.2, 0.25) is 15.1 Å². The van der Waals surface area contributed by atoms with Crippen molar-refractivity contribution in [1.82, 2.24) is 0 Å². The maximum absolute atomic E-state index is 10.9. The summed E-state index contributed by atoms with van der Waals surface area (Å²) in [6, 6.07) is 17.1. The second kappa shape index (κ2) is 9.20. The predicted molar refractivity (Wildman–Crippen MR) is 113 cm³/mol. The fraction of sp³-hybridized carbons (Fsp3) is 0.0952. The van der Waals surface area contributed by atoms with Gasteiger partial charge >= 0.3 is 5.97 Å². The van der Waals surface area contributed by atoms with Gasteiger partial charge in [-0.1, -0.05) is 40.9 Å². The van der Waals surface area contributed by atoms with Gasteiger partial charge in [0.2, 0.25) is 0 Å². The summed E-state index contributed by atoms with van der Waals surface area (Å²) in [5.74, 6) is -0.289. The highest BCUT2D eigenvalue weighted by molar-refractivity contribution is 6.35. The van der Waals surface area contributed by atoms with Crippen LogP contribution < -0.4 is 10.1 Å². The normalized spacial score (nSPS) is 10.5. The number of carboxylic acids is 1. The molecule has 0 spiro atoms. The fourth-order valence-corrected chi connectivity index (χ4v) is 3.21. The Kier molecular flexibility index (Phi) is 6.68. The molecule has 0 amide bonds. The summed E-state index contributed by atoms with van der Waals surface area (Å²) in [4.78, 5) is 10.9. The van der Waals surface area contributed by atoms with Crippen LogP contribution in [0.3, 0.4) is 0 Å². The van der Waals surface area contributed by atoms with E-state index in [0.29, 0.717) is 27.4 Å². The number of ether oxygens (including phenoxy) is 1. The van der Waals surface area contributed by atoms with E-state index >= 15 is 0 Å². The minimum Gasteiger partial charge on any atom is -0.488 e. The summed E-state index contributed by atoms with van der Waals surface area (Å²) in [5.41, 5.74) is 2.71. The lowest BCUT2D eigenvalue weighted by Crippen LogP contribution is -2.04. The molecule has 0 aromatic heterocycles. The molecular weight excluding hydrogens is 421 g/mol. The molecule has 144 valence electrons. The van der Waals surface area contributed by atoms with Crippen molar-refractivity contribution in [2.24, 2.45) is 0 Å². The zero-order valence-electron chi connectivity index (χ0n) is 14.6. The van der Waals surface area contributed by atoms with Crippen LogP contribution in [0.15, 0.2) is 60.7 Å². The maximum Gasteiger partial charge on any atom is 0.335 e. The van der Waals surface area contributed by atoms with Crippen LogP contribution in [0.1, 0.15) is 21.5 Å². The highest BCUT2D eigenvalue weighted by Crippen LogP contribution is 2.27. The number of hydrogen-bond acceptors (Lipinski definition) is 3. The second-order valence-electron chi connectivity index (χ2n) is 6.01. The third kappa shape index (κ3) is 5.32. The van der Waals surface area contributed by atoms with Crippen molar-refractivity contribution in [1.29, 1.82) is 0 Å². The molecule has 0 aliphatic carbocycles. The lowest BCUT2D eigenvalue weighted by Gasteiger charge is -2.14. The van der Waals surface area contributed by atoms with Crippen LogP contribution in [0.5, 0.6) is 5.75 Å². The van der Waals surface area contributed by atoms with E-state index in [1.54, 1.807) is 48.5 Å². The summed E-state index contributed by atoms with van der Waals surface area (Å²) in [7, 11) is 0. The number of carboxylic acid groups (broad SMARTS) is 1. The maximum atomic E-state index is 10.9. The van der Waals surface area contributed by atoms with Gasteiger partial charge in [-0.25, -0.2) is 4.79 Å². The topological polar surface area (TPSA) is 58.6 Å². The molecule has 3 aromatic rings. The minimum atomic E-state index is -0.960. The molecule has 0 fully saturated rings. The Morgan fingerprint density at radius 3 is 2.25 bits per heavy atom. The number of aromatic carboxylic acids is 1. The van der Waals surface area contributed by atoms with E-state index in [9.17, 15) is 4.79 Å². The van der Waals surface area contributed by atoms with E-state index < -0.39 is 5.97 Å². The Bertz CT molecular complexity index is 991. The first kappa shape index (κ1) is 20.3. The Hall–Kier alpha value is -2.40. The molecule has 4 nitrogen and oxygen atoms in total. The van der Waals surface area contributed by atoms with Crippen molar-refractivity contribution < 1.29 is 14.6 Å². The van der Waals surface area contributed by atoms with Gasteiger partial charge in [-0.05, 0) is 54.6 Å². The molecule has 0 aliphatic rings. The monoisotopic (exact) mass is 435 g/mol. The number of halogens is 3. The molecule has 0 heterocycles. The molecule has 0 unspecified atom stereocenters. The molecule has 0 bridgehead atoms. The van der Waals surface area contributed by atoms with Crippen molar-refractivity contribution in [3.8, 4) is 5.75 Å². The van der Waals surface area contributed by atoms with Crippen LogP contribution in [0, 0.1) is 0 Å². The van der Waals surface area contributed by atoms with E-state index in [0.717, 1.165) is 16.8 Å². The van der Waals surface area contributed by atoms with Gasteiger partial charge in [-0.15, -0.1) is 0 Å². The molecule has 28 heavy (non-hydrogen) atoms. The molecule has 0 radical (unpaired) electrons. The Morgan fingerprint density at radius 2 is 1.57 bits per heavy atom. The van der Waals surface area contributed by atoms with Crippen LogP contribution in [0.4, 0.5) is 5.69 Å². The van der Waals surface area contributed by atoms with Gasteiger partial charge in [0, 0.05) is 38.4 Å². The first-order valence-electron chi connectivity index (χ1n) is 8.35. The molecule has 0 aliphatic heterocycles. The number of hydrogen-bond donors (Lipinski definition) is 2. The van der Waals surface area contributed by atoms with Crippen LogP contribution in [0.25, 0.3) is 0 Å². The first-order valence-corrected chi connectivity index (χ1v) is 9.48. The smallest absolute Gasteiger partial charge is 0.335 e. The number of benzene rings is 3. The van der Waals surface area contributed by atoms with Crippen LogP contribution in [-0.2, 0) is 13.2 Å². The molecule has 0 saturated heterocycles. The van der Waals surface area contributed by atoms with Gasteiger partial charge in [0.1, 0.15) is 12.4 Å². The standard InChI is InChI=1S/C21H16Cl3NO3/c22-16-5-8-20(28-12-14-1-4-17(23)10-19(14)24)15(9-16)11-25-18-6-2-13(3-7-18)21(26)27/h1-10,25H,11-12H2,(H,26,27). The third-order valence-corrected chi connectivity index (χ3v) is 4.86. The summed E-state index contributed by atoms with van der Waals surface area (Å²) in [6.07, 6.45) is 0. The van der Waals surface area contributed by atoms with Gasteiger partial charge in [-0.3, -0.25) is 0 Å². The summed E-state index contributed by atoms with van der Waals surface area (Å²) in [5, 5.41) is 13.9. The lowest BCUT2D eigenvalue weighted by atomic mass is 10.1. The zero-order valence-corrected chi connectivity index (χ0v) is 16.9. The van der Waals surface area contributed by atoms with Gasteiger partial charge in [0.25, 0.3) is 0 Å². The quantitative estimate of drug-likeness (QED) is 0.442. The van der Waals surface area contributed by atoms with Gasteiger partial charge in [0.15, 0.2) is 0 Å². The van der Waals surface area contributed by atoms with Crippen molar-refractivity contribution in [3.63, 3.8) is 0 Å². The lowest BCUT2D eigenvalue weighted by molar-refractivity contribution is 0.0697. The predicted octanol–water partition coefficient (Wildman–Crippen LogP) is 6.54. The fourth-order valence-electron chi connectivity index (χ4n) is 2.55. The second-order valence-corrected chi connectivity index (χ2v) is 7.29. The number of nitrogens with one attached hydrogen (secondary N) is 1. The SMILES string of the molecule is O=C(O)c1ccc(NCc2cc(Cl)ccc2OCc2ccc(Cl)cc2Cl)cc1. The molecule has 3 aromatic carbocycles. The average molecular weight is 437 g/mol. The molecule has 0 atom stereocenters. The molecule has 2 N–H and O–H groups in total. The van der Waals surface area contributed by atoms with E-state index in [-0.39, 0.29) is 12.2 Å². The highest BCUT2D eigenvalue weighted by atomic mass is 35.5. The minimum absolute atomic E-state index is 0.233. The van der Waals surface area contributed by atoms with Gasteiger partial charge in [0.05, 0.1) is 5.56 Å². The molecule has 7 heteroatoms. The Balaban J connectivity index is 1.70.